The standard InChI is InChI=1S/C18H29NO4/c1-13-5-7-15(8-6-13)19-11-14(10-17(19)20)18(21)23-12-16-4-2-3-9-22-16/h13-16H,2-12H2,1H3/t13?,14-,15?,16-/m1/s1. The Labute approximate surface area is 138 Å². The van der Waals surface area contributed by atoms with Crippen molar-refractivity contribution in [2.45, 2.75) is 70.4 Å². The van der Waals surface area contributed by atoms with E-state index in [-0.39, 0.29) is 23.9 Å². The minimum atomic E-state index is -0.287. The predicted molar refractivity (Wildman–Crippen MR) is 85.8 cm³/mol. The second-order valence-corrected chi connectivity index (χ2v) is 7.48. The van der Waals surface area contributed by atoms with Crippen molar-refractivity contribution in [3.63, 3.8) is 0 Å². The van der Waals surface area contributed by atoms with Crippen LogP contribution in [0, 0.1) is 11.8 Å². The highest BCUT2D eigenvalue weighted by atomic mass is 16.6. The number of nitrogens with zero attached hydrogens (tertiary/aromatic N) is 1. The minimum absolute atomic E-state index is 0.0424. The Morgan fingerprint density at radius 2 is 2.00 bits per heavy atom. The van der Waals surface area contributed by atoms with E-state index in [1.54, 1.807) is 0 Å². The fraction of sp³-hybridized carbons (Fsp3) is 0.889. The van der Waals surface area contributed by atoms with Crippen LogP contribution in [0.15, 0.2) is 0 Å². The van der Waals surface area contributed by atoms with Gasteiger partial charge in [0.25, 0.3) is 0 Å². The Kier molecular flexibility index (Phi) is 5.57. The van der Waals surface area contributed by atoms with E-state index in [9.17, 15) is 9.59 Å². The average molecular weight is 323 g/mol. The van der Waals surface area contributed by atoms with Crippen LogP contribution in [0.3, 0.4) is 0 Å². The molecular weight excluding hydrogens is 294 g/mol. The second kappa shape index (κ2) is 7.65. The molecule has 0 aromatic carbocycles. The molecule has 1 aliphatic carbocycles. The number of carbonyl (C=O) groups is 2. The lowest BCUT2D eigenvalue weighted by molar-refractivity contribution is -0.153. The highest BCUT2D eigenvalue weighted by Crippen LogP contribution is 2.31. The number of rotatable bonds is 4. The molecule has 5 heteroatoms. The molecule has 1 amide bonds. The van der Waals surface area contributed by atoms with Crippen LogP contribution in [0.25, 0.3) is 0 Å². The first-order valence-electron chi connectivity index (χ1n) is 9.21. The van der Waals surface area contributed by atoms with Crippen molar-refractivity contribution < 1.29 is 19.1 Å². The molecule has 5 nitrogen and oxygen atoms in total. The first kappa shape index (κ1) is 16.7. The number of amides is 1. The molecule has 0 N–H and O–H groups in total. The van der Waals surface area contributed by atoms with Gasteiger partial charge in [-0.1, -0.05) is 6.92 Å². The first-order valence-corrected chi connectivity index (χ1v) is 9.21. The summed E-state index contributed by atoms with van der Waals surface area (Å²) in [6, 6.07) is 0.332. The maximum Gasteiger partial charge on any atom is 0.311 e. The van der Waals surface area contributed by atoms with E-state index < -0.39 is 0 Å². The molecular formula is C18H29NO4. The third kappa shape index (κ3) is 4.25. The molecule has 3 aliphatic rings. The number of likely N-dealkylation sites (tertiary alicyclic amines) is 1. The normalized spacial score (nSPS) is 35.3. The number of hydrogen-bond donors (Lipinski definition) is 0. The molecule has 0 spiro atoms. The van der Waals surface area contributed by atoms with Gasteiger partial charge in [0, 0.05) is 25.6 Å². The summed E-state index contributed by atoms with van der Waals surface area (Å²) in [6.07, 6.45) is 8.06. The molecule has 0 bridgehead atoms. The molecule has 2 heterocycles. The van der Waals surface area contributed by atoms with Crippen molar-refractivity contribution in [2.24, 2.45) is 11.8 Å². The zero-order chi connectivity index (χ0) is 16.2. The van der Waals surface area contributed by atoms with Gasteiger partial charge in [0.15, 0.2) is 0 Å². The summed E-state index contributed by atoms with van der Waals surface area (Å²) >= 11 is 0. The Bertz CT molecular complexity index is 425. The Hall–Kier alpha value is -1.10. The van der Waals surface area contributed by atoms with Gasteiger partial charge in [-0.25, -0.2) is 0 Å². The largest absolute Gasteiger partial charge is 0.463 e. The summed E-state index contributed by atoms with van der Waals surface area (Å²) in [7, 11) is 0. The van der Waals surface area contributed by atoms with Gasteiger partial charge >= 0.3 is 5.97 Å². The maximum atomic E-state index is 12.3. The summed E-state index contributed by atoms with van der Waals surface area (Å²) < 4.78 is 11.0. The fourth-order valence-corrected chi connectivity index (χ4v) is 4.03. The van der Waals surface area contributed by atoms with Crippen LogP contribution >= 0.6 is 0 Å². The summed E-state index contributed by atoms with van der Waals surface area (Å²) in [5, 5.41) is 0. The molecule has 3 rings (SSSR count). The molecule has 0 unspecified atom stereocenters. The Morgan fingerprint density at radius 1 is 1.22 bits per heavy atom. The lowest BCUT2D eigenvalue weighted by atomic mass is 9.87. The molecule has 2 aliphatic heterocycles. The van der Waals surface area contributed by atoms with Crippen molar-refractivity contribution in [1.82, 2.24) is 4.90 Å². The molecule has 2 atom stereocenters. The number of esters is 1. The van der Waals surface area contributed by atoms with Gasteiger partial charge in [-0.3, -0.25) is 9.59 Å². The van der Waals surface area contributed by atoms with Crippen molar-refractivity contribution in [3.05, 3.63) is 0 Å². The summed E-state index contributed by atoms with van der Waals surface area (Å²) in [6.45, 7) is 3.92. The lowest BCUT2D eigenvalue weighted by Crippen LogP contribution is -2.39. The molecule has 3 fully saturated rings. The minimum Gasteiger partial charge on any atom is -0.463 e. The number of ether oxygens (including phenoxy) is 2. The lowest BCUT2D eigenvalue weighted by Gasteiger charge is -2.33. The smallest absolute Gasteiger partial charge is 0.311 e. The molecule has 0 aromatic rings. The van der Waals surface area contributed by atoms with Crippen LogP contribution < -0.4 is 0 Å². The molecule has 0 radical (unpaired) electrons. The van der Waals surface area contributed by atoms with E-state index in [0.29, 0.717) is 25.6 Å². The van der Waals surface area contributed by atoms with Crippen molar-refractivity contribution in [2.75, 3.05) is 19.8 Å². The SMILES string of the molecule is CC1CCC(N2C[C@H](C(=O)OC[C@H]3CCCCO3)CC2=O)CC1. The first-order chi connectivity index (χ1) is 11.1. The zero-order valence-electron chi connectivity index (χ0n) is 14.2. The van der Waals surface area contributed by atoms with Gasteiger partial charge in [-0.05, 0) is 50.9 Å². The summed E-state index contributed by atoms with van der Waals surface area (Å²) in [5.74, 6) is 0.380. The van der Waals surface area contributed by atoms with Crippen molar-refractivity contribution in [3.8, 4) is 0 Å². The third-order valence-electron chi connectivity index (χ3n) is 5.60. The van der Waals surface area contributed by atoms with Crippen LogP contribution in [0.1, 0.15) is 58.3 Å². The Balaban J connectivity index is 1.45. The van der Waals surface area contributed by atoms with E-state index in [4.69, 9.17) is 9.47 Å². The topological polar surface area (TPSA) is 55.8 Å². The fourth-order valence-electron chi connectivity index (χ4n) is 4.03. The van der Waals surface area contributed by atoms with Crippen LogP contribution in [0.4, 0.5) is 0 Å². The Morgan fingerprint density at radius 3 is 2.70 bits per heavy atom. The van der Waals surface area contributed by atoms with Crippen molar-refractivity contribution >= 4 is 11.9 Å². The quantitative estimate of drug-likeness (QED) is 0.746. The highest BCUT2D eigenvalue weighted by Gasteiger charge is 2.39. The van der Waals surface area contributed by atoms with Gasteiger partial charge in [-0.15, -0.1) is 0 Å². The number of carbonyl (C=O) groups excluding carboxylic acids is 2. The average Bonchev–Trinajstić information content (AvgIpc) is 2.96. The van der Waals surface area contributed by atoms with Gasteiger partial charge in [0.05, 0.1) is 12.0 Å². The third-order valence-corrected chi connectivity index (χ3v) is 5.60. The van der Waals surface area contributed by atoms with E-state index in [2.05, 4.69) is 6.92 Å². The second-order valence-electron chi connectivity index (χ2n) is 7.48. The van der Waals surface area contributed by atoms with E-state index in [1.807, 2.05) is 4.90 Å². The van der Waals surface area contributed by atoms with Crippen LogP contribution in [0.5, 0.6) is 0 Å². The van der Waals surface area contributed by atoms with E-state index in [0.717, 1.165) is 44.6 Å². The van der Waals surface area contributed by atoms with Gasteiger partial charge in [0.1, 0.15) is 6.61 Å². The van der Waals surface area contributed by atoms with Crippen LogP contribution in [-0.2, 0) is 19.1 Å². The van der Waals surface area contributed by atoms with Crippen LogP contribution in [-0.4, -0.2) is 48.7 Å². The monoisotopic (exact) mass is 323 g/mol. The van der Waals surface area contributed by atoms with Gasteiger partial charge < -0.3 is 14.4 Å². The van der Waals surface area contributed by atoms with Crippen molar-refractivity contribution in [1.29, 1.82) is 0 Å². The predicted octanol–water partition coefficient (Wildman–Crippen LogP) is 2.53. The van der Waals surface area contributed by atoms with E-state index in [1.165, 1.54) is 12.8 Å². The maximum absolute atomic E-state index is 12.3. The molecule has 2 saturated heterocycles. The number of hydrogen-bond acceptors (Lipinski definition) is 4. The molecule has 1 saturated carbocycles. The summed E-state index contributed by atoms with van der Waals surface area (Å²) in [5.41, 5.74) is 0. The van der Waals surface area contributed by atoms with Gasteiger partial charge in [0.2, 0.25) is 5.91 Å². The highest BCUT2D eigenvalue weighted by molar-refractivity contribution is 5.87. The summed E-state index contributed by atoms with van der Waals surface area (Å²) in [4.78, 5) is 26.5. The van der Waals surface area contributed by atoms with Crippen LogP contribution in [0.2, 0.25) is 0 Å². The molecule has 130 valence electrons. The van der Waals surface area contributed by atoms with E-state index >= 15 is 0 Å². The molecule has 0 aromatic heterocycles. The molecule has 23 heavy (non-hydrogen) atoms. The zero-order valence-corrected chi connectivity index (χ0v) is 14.2. The van der Waals surface area contributed by atoms with Gasteiger partial charge in [-0.2, -0.15) is 0 Å².